The highest BCUT2D eigenvalue weighted by Crippen LogP contribution is 2.18. The molecule has 0 aliphatic carbocycles. The second kappa shape index (κ2) is 8.92. The first-order valence-electron chi connectivity index (χ1n) is 8.28. The molecule has 132 valence electrons. The van der Waals surface area contributed by atoms with E-state index < -0.39 is 12.2 Å². The van der Waals surface area contributed by atoms with Crippen molar-refractivity contribution < 1.29 is 19.7 Å². The summed E-state index contributed by atoms with van der Waals surface area (Å²) in [5.74, 6) is -0.103. The van der Waals surface area contributed by atoms with Gasteiger partial charge in [-0.2, -0.15) is 0 Å². The van der Waals surface area contributed by atoms with Crippen LogP contribution >= 0.6 is 0 Å². The fraction of sp³-hybridized carbons (Fsp3) is 0.556. The second-order valence-corrected chi connectivity index (χ2v) is 6.61. The van der Waals surface area contributed by atoms with Gasteiger partial charge in [0.15, 0.2) is 0 Å². The fourth-order valence-corrected chi connectivity index (χ4v) is 2.74. The molecule has 0 radical (unpaired) electrons. The quantitative estimate of drug-likeness (QED) is 0.757. The van der Waals surface area contributed by atoms with Crippen LogP contribution in [0.3, 0.4) is 0 Å². The molecular weight excluding hydrogens is 308 g/mol. The third-order valence-corrected chi connectivity index (χ3v) is 3.97. The first-order valence-corrected chi connectivity index (χ1v) is 8.28. The predicted molar refractivity (Wildman–Crippen MR) is 91.0 cm³/mol. The summed E-state index contributed by atoms with van der Waals surface area (Å²) < 4.78 is 5.31. The Kier molecular flexibility index (Phi) is 6.90. The van der Waals surface area contributed by atoms with Crippen LogP contribution in [0.2, 0.25) is 0 Å². The standard InChI is InChI=1S/C18H26N2O4/c1-13(2)9-20(10-15-11-24-12-16(21)18(15)23)17(22)4-3-14-5-7-19-8-6-14/h3-8,13,15-16,18,21,23H,9-12H2,1-2H3/b4-3+/t15-,16-,18+/m1/s1. The molecule has 2 N–H and O–H groups in total. The summed E-state index contributed by atoms with van der Waals surface area (Å²) in [6, 6.07) is 3.65. The number of carbonyl (C=O) groups excluding carboxylic acids is 1. The van der Waals surface area contributed by atoms with Gasteiger partial charge in [-0.1, -0.05) is 13.8 Å². The molecule has 0 unspecified atom stereocenters. The number of aromatic nitrogens is 1. The summed E-state index contributed by atoms with van der Waals surface area (Å²) in [5, 5.41) is 19.9. The molecule has 1 fully saturated rings. The Morgan fingerprint density at radius 2 is 2.08 bits per heavy atom. The molecule has 1 aliphatic rings. The average Bonchev–Trinajstić information content (AvgIpc) is 2.56. The number of rotatable bonds is 6. The lowest BCUT2D eigenvalue weighted by atomic mass is 9.95. The molecule has 2 heterocycles. The topological polar surface area (TPSA) is 82.9 Å². The number of aliphatic hydroxyl groups is 2. The van der Waals surface area contributed by atoms with Gasteiger partial charge in [0, 0.05) is 37.5 Å². The van der Waals surface area contributed by atoms with Crippen molar-refractivity contribution in [3.63, 3.8) is 0 Å². The zero-order valence-electron chi connectivity index (χ0n) is 14.2. The normalized spacial score (nSPS) is 24.5. The number of pyridine rings is 1. The van der Waals surface area contributed by atoms with E-state index in [1.54, 1.807) is 23.4 Å². The highest BCUT2D eigenvalue weighted by atomic mass is 16.5. The van der Waals surface area contributed by atoms with E-state index in [0.29, 0.717) is 25.6 Å². The Morgan fingerprint density at radius 3 is 2.75 bits per heavy atom. The van der Waals surface area contributed by atoms with Gasteiger partial charge < -0.3 is 19.8 Å². The summed E-state index contributed by atoms with van der Waals surface area (Å²) >= 11 is 0. The van der Waals surface area contributed by atoms with Crippen molar-refractivity contribution in [1.82, 2.24) is 9.88 Å². The zero-order valence-corrected chi connectivity index (χ0v) is 14.2. The van der Waals surface area contributed by atoms with Crippen molar-refractivity contribution in [1.29, 1.82) is 0 Å². The number of ether oxygens (including phenoxy) is 1. The van der Waals surface area contributed by atoms with Crippen LogP contribution in [0.25, 0.3) is 6.08 Å². The van der Waals surface area contributed by atoms with Gasteiger partial charge in [0.25, 0.3) is 0 Å². The SMILES string of the molecule is CC(C)CN(C[C@@H]1COC[C@@H](O)[C@H]1O)C(=O)/C=C/c1ccncc1. The van der Waals surface area contributed by atoms with E-state index >= 15 is 0 Å². The van der Waals surface area contributed by atoms with E-state index in [2.05, 4.69) is 4.98 Å². The minimum absolute atomic E-state index is 0.118. The molecule has 0 bridgehead atoms. The fourth-order valence-electron chi connectivity index (χ4n) is 2.74. The Balaban J connectivity index is 2.04. The van der Waals surface area contributed by atoms with Crippen molar-refractivity contribution >= 4 is 12.0 Å². The number of carbonyl (C=O) groups is 1. The lowest BCUT2D eigenvalue weighted by Gasteiger charge is -2.35. The van der Waals surface area contributed by atoms with Crippen molar-refractivity contribution in [3.05, 3.63) is 36.2 Å². The van der Waals surface area contributed by atoms with Crippen LogP contribution in [-0.4, -0.2) is 64.5 Å². The molecule has 6 nitrogen and oxygen atoms in total. The van der Waals surface area contributed by atoms with Crippen molar-refractivity contribution in [2.75, 3.05) is 26.3 Å². The first kappa shape index (κ1) is 18.6. The Hall–Kier alpha value is -1.76. The largest absolute Gasteiger partial charge is 0.390 e. The van der Waals surface area contributed by atoms with Gasteiger partial charge in [0.2, 0.25) is 5.91 Å². The van der Waals surface area contributed by atoms with Crippen molar-refractivity contribution in [3.8, 4) is 0 Å². The van der Waals surface area contributed by atoms with E-state index in [1.165, 1.54) is 6.08 Å². The maximum Gasteiger partial charge on any atom is 0.246 e. The predicted octanol–water partition coefficient (Wildman–Crippen LogP) is 0.948. The Morgan fingerprint density at radius 1 is 1.38 bits per heavy atom. The molecule has 1 aromatic rings. The smallest absolute Gasteiger partial charge is 0.246 e. The number of nitrogens with zero attached hydrogens (tertiary/aromatic N) is 2. The number of amides is 1. The van der Waals surface area contributed by atoms with Gasteiger partial charge in [0.05, 0.1) is 19.3 Å². The lowest BCUT2D eigenvalue weighted by Crippen LogP contribution is -2.50. The maximum atomic E-state index is 12.6. The molecule has 0 aromatic carbocycles. The van der Waals surface area contributed by atoms with Crippen LogP contribution in [0.5, 0.6) is 0 Å². The molecule has 3 atom stereocenters. The van der Waals surface area contributed by atoms with Crippen LogP contribution in [0, 0.1) is 11.8 Å². The minimum Gasteiger partial charge on any atom is -0.390 e. The third-order valence-electron chi connectivity index (χ3n) is 3.97. The minimum atomic E-state index is -0.896. The maximum absolute atomic E-state index is 12.6. The van der Waals surface area contributed by atoms with Crippen LogP contribution in [0.15, 0.2) is 30.6 Å². The molecule has 2 rings (SSSR count). The van der Waals surface area contributed by atoms with Gasteiger partial charge in [0.1, 0.15) is 6.10 Å². The van der Waals surface area contributed by atoms with Gasteiger partial charge >= 0.3 is 0 Å². The molecule has 1 saturated heterocycles. The van der Waals surface area contributed by atoms with E-state index in [9.17, 15) is 15.0 Å². The van der Waals surface area contributed by atoms with Gasteiger partial charge in [-0.3, -0.25) is 9.78 Å². The first-order chi connectivity index (χ1) is 11.5. The van der Waals surface area contributed by atoms with E-state index in [1.807, 2.05) is 26.0 Å². The summed E-state index contributed by atoms with van der Waals surface area (Å²) in [6.07, 6.45) is 4.86. The molecule has 1 amide bonds. The Bertz CT molecular complexity index is 547. The second-order valence-electron chi connectivity index (χ2n) is 6.61. The van der Waals surface area contributed by atoms with Gasteiger partial charge in [-0.05, 0) is 29.7 Å². The van der Waals surface area contributed by atoms with Crippen LogP contribution in [0.4, 0.5) is 0 Å². The van der Waals surface area contributed by atoms with Crippen LogP contribution in [-0.2, 0) is 9.53 Å². The molecule has 1 aliphatic heterocycles. The van der Waals surface area contributed by atoms with E-state index in [4.69, 9.17) is 4.74 Å². The molecule has 0 spiro atoms. The number of hydrogen-bond acceptors (Lipinski definition) is 5. The monoisotopic (exact) mass is 334 g/mol. The van der Waals surface area contributed by atoms with Gasteiger partial charge in [-0.15, -0.1) is 0 Å². The number of hydrogen-bond donors (Lipinski definition) is 2. The third kappa shape index (κ3) is 5.40. The lowest BCUT2D eigenvalue weighted by molar-refractivity contribution is -0.139. The van der Waals surface area contributed by atoms with E-state index in [-0.39, 0.29) is 18.4 Å². The van der Waals surface area contributed by atoms with Gasteiger partial charge in [-0.25, -0.2) is 0 Å². The highest BCUT2D eigenvalue weighted by Gasteiger charge is 2.33. The molecule has 1 aromatic heterocycles. The van der Waals surface area contributed by atoms with Crippen LogP contribution in [0.1, 0.15) is 19.4 Å². The summed E-state index contributed by atoms with van der Waals surface area (Å²) in [7, 11) is 0. The highest BCUT2D eigenvalue weighted by molar-refractivity contribution is 5.91. The van der Waals surface area contributed by atoms with Crippen LogP contribution < -0.4 is 0 Å². The molecule has 24 heavy (non-hydrogen) atoms. The average molecular weight is 334 g/mol. The van der Waals surface area contributed by atoms with Crippen molar-refractivity contribution in [2.24, 2.45) is 11.8 Å². The summed E-state index contributed by atoms with van der Waals surface area (Å²) in [4.78, 5) is 18.2. The molecular formula is C18H26N2O4. The molecule has 6 heteroatoms. The Labute approximate surface area is 142 Å². The van der Waals surface area contributed by atoms with Crippen molar-refractivity contribution in [2.45, 2.75) is 26.1 Å². The summed E-state index contributed by atoms with van der Waals surface area (Å²) in [6.45, 7) is 5.49. The molecule has 0 saturated carbocycles. The van der Waals surface area contributed by atoms with E-state index in [0.717, 1.165) is 5.56 Å². The number of aliphatic hydroxyl groups excluding tert-OH is 2. The zero-order chi connectivity index (χ0) is 17.5. The summed E-state index contributed by atoms with van der Waals surface area (Å²) in [5.41, 5.74) is 0.902.